The van der Waals surface area contributed by atoms with Crippen molar-refractivity contribution in [3.05, 3.63) is 170 Å². The van der Waals surface area contributed by atoms with Gasteiger partial charge in [0, 0.05) is 49.7 Å². The lowest BCUT2D eigenvalue weighted by molar-refractivity contribution is 1.40. The zero-order valence-corrected chi connectivity index (χ0v) is 26.6. The number of hydrogen-bond donors (Lipinski definition) is 1. The highest BCUT2D eigenvalue weighted by Gasteiger charge is 2.27. The second-order valence-electron chi connectivity index (χ2n) is 12.6. The molecule has 3 nitrogen and oxygen atoms in total. The van der Waals surface area contributed by atoms with Crippen LogP contribution in [0.1, 0.15) is 0 Å². The Bertz CT molecular complexity index is 2690. The van der Waals surface area contributed by atoms with Gasteiger partial charge >= 0.3 is 0 Å². The molecule has 6 aromatic carbocycles. The third-order valence-electron chi connectivity index (χ3n) is 9.79. The standard InChI is InChI=1S/C46H29N3/c1-4-16-29(17-5-1)38-28-39-32-22-10-11-23-33(32)43(47-39)40(30-18-6-2-7-19-30)45-36-26-14-15-27-37(36)46(49-45)41(31-20-8-3-9-21-31)44-35-25-13-12-24-34(35)42(38)48-44/h1-28,49H. The van der Waals surface area contributed by atoms with Gasteiger partial charge in [-0.3, -0.25) is 0 Å². The van der Waals surface area contributed by atoms with Gasteiger partial charge in [-0.15, -0.1) is 0 Å². The van der Waals surface area contributed by atoms with E-state index in [2.05, 4.69) is 175 Å². The van der Waals surface area contributed by atoms with Crippen LogP contribution in [-0.4, -0.2) is 15.0 Å². The average Bonchev–Trinajstić information content (AvgIpc) is 3.85. The van der Waals surface area contributed by atoms with E-state index < -0.39 is 0 Å². The van der Waals surface area contributed by atoms with Crippen molar-refractivity contribution in [3.8, 4) is 78.4 Å². The summed E-state index contributed by atoms with van der Waals surface area (Å²) < 4.78 is 0. The van der Waals surface area contributed by atoms with Gasteiger partial charge in [-0.05, 0) is 22.8 Å². The van der Waals surface area contributed by atoms with Crippen molar-refractivity contribution in [1.29, 1.82) is 0 Å². The minimum absolute atomic E-state index is 0.925. The van der Waals surface area contributed by atoms with Crippen molar-refractivity contribution < 1.29 is 0 Å². The van der Waals surface area contributed by atoms with Gasteiger partial charge in [0.25, 0.3) is 0 Å². The van der Waals surface area contributed by atoms with Gasteiger partial charge in [0.15, 0.2) is 0 Å². The normalized spacial score (nSPS) is 11.7. The first-order chi connectivity index (χ1) is 24.3. The van der Waals surface area contributed by atoms with Crippen LogP contribution in [-0.2, 0) is 0 Å². The zero-order valence-electron chi connectivity index (χ0n) is 26.6. The number of rotatable bonds is 3. The van der Waals surface area contributed by atoms with E-state index in [0.29, 0.717) is 0 Å². The lowest BCUT2D eigenvalue weighted by atomic mass is 9.93. The molecule has 0 atom stereocenters. The topological polar surface area (TPSA) is 41.6 Å². The SMILES string of the molecule is c1ccc(-c2cc3nc(c(-c4ccccc4)c4[nH]c(c(-c5ccccc5)c5nc2-c2ccccc2-5)c2ccccc42)-c2ccccc2-3)cc1. The average molecular weight is 624 g/mol. The van der Waals surface area contributed by atoms with E-state index in [0.717, 1.165) is 100 Å². The maximum absolute atomic E-state index is 5.63. The molecule has 2 aliphatic heterocycles. The molecule has 8 aromatic rings. The van der Waals surface area contributed by atoms with E-state index in [1.165, 1.54) is 0 Å². The summed E-state index contributed by atoms with van der Waals surface area (Å²) in [7, 11) is 0. The number of aromatic nitrogens is 3. The molecule has 228 valence electrons. The number of nitrogens with one attached hydrogen (secondary N) is 1. The van der Waals surface area contributed by atoms with E-state index in [1.54, 1.807) is 0 Å². The van der Waals surface area contributed by atoms with Crippen LogP contribution >= 0.6 is 0 Å². The molecule has 6 bridgehead atoms. The number of fused-ring (bicyclic) bond motifs is 15. The smallest absolute Gasteiger partial charge is 0.0816 e. The molecule has 2 aromatic heterocycles. The van der Waals surface area contributed by atoms with Gasteiger partial charge in [0.05, 0.1) is 33.8 Å². The van der Waals surface area contributed by atoms with Crippen LogP contribution < -0.4 is 0 Å². The molecule has 0 fully saturated rings. The molecule has 0 saturated carbocycles. The Hall–Kier alpha value is -6.58. The molecule has 1 N–H and O–H groups in total. The highest BCUT2D eigenvalue weighted by molar-refractivity contribution is 6.18. The minimum Gasteiger partial charge on any atom is -0.353 e. The minimum atomic E-state index is 0.925. The van der Waals surface area contributed by atoms with Crippen LogP contribution in [0.25, 0.3) is 100 Å². The van der Waals surface area contributed by atoms with Gasteiger partial charge in [-0.25, -0.2) is 9.97 Å². The van der Waals surface area contributed by atoms with Crippen molar-refractivity contribution in [1.82, 2.24) is 15.0 Å². The van der Waals surface area contributed by atoms with Crippen molar-refractivity contribution in [2.45, 2.75) is 0 Å². The van der Waals surface area contributed by atoms with Gasteiger partial charge < -0.3 is 4.98 Å². The van der Waals surface area contributed by atoms with Crippen molar-refractivity contribution in [2.75, 3.05) is 0 Å². The summed E-state index contributed by atoms with van der Waals surface area (Å²) in [6.07, 6.45) is 0. The summed E-state index contributed by atoms with van der Waals surface area (Å²) >= 11 is 0. The van der Waals surface area contributed by atoms with Crippen molar-refractivity contribution in [3.63, 3.8) is 0 Å². The van der Waals surface area contributed by atoms with Crippen LogP contribution in [0, 0.1) is 0 Å². The van der Waals surface area contributed by atoms with Gasteiger partial charge in [-0.1, -0.05) is 164 Å². The number of nitrogens with zero attached hydrogens (tertiary/aromatic N) is 2. The second-order valence-corrected chi connectivity index (χ2v) is 12.6. The third kappa shape index (κ3) is 4.29. The Balaban J connectivity index is 1.53. The van der Waals surface area contributed by atoms with E-state index in [9.17, 15) is 0 Å². The predicted molar refractivity (Wildman–Crippen MR) is 203 cm³/mol. The molecule has 3 heteroatoms. The quantitative estimate of drug-likeness (QED) is 0.213. The molecular weight excluding hydrogens is 595 g/mol. The lowest BCUT2D eigenvalue weighted by Crippen LogP contribution is -1.87. The monoisotopic (exact) mass is 623 g/mol. The fourth-order valence-corrected chi connectivity index (χ4v) is 7.60. The first kappa shape index (κ1) is 27.5. The number of H-pyrrole nitrogens is 1. The molecule has 0 saturated heterocycles. The van der Waals surface area contributed by atoms with Crippen molar-refractivity contribution >= 4 is 21.8 Å². The van der Waals surface area contributed by atoms with Gasteiger partial charge in [-0.2, -0.15) is 0 Å². The van der Waals surface area contributed by atoms with Crippen LogP contribution in [0.15, 0.2) is 170 Å². The van der Waals surface area contributed by atoms with Crippen LogP contribution in [0.5, 0.6) is 0 Å². The maximum Gasteiger partial charge on any atom is 0.0816 e. The number of benzene rings is 6. The first-order valence-corrected chi connectivity index (χ1v) is 16.7. The van der Waals surface area contributed by atoms with E-state index in [-0.39, 0.29) is 0 Å². The highest BCUT2D eigenvalue weighted by atomic mass is 14.8. The Morgan fingerprint density at radius 1 is 0.327 bits per heavy atom. The summed E-state index contributed by atoms with van der Waals surface area (Å²) in [5.41, 5.74) is 16.8. The van der Waals surface area contributed by atoms with Gasteiger partial charge in [0.2, 0.25) is 0 Å². The molecule has 0 amide bonds. The Morgan fingerprint density at radius 3 is 1.29 bits per heavy atom. The third-order valence-corrected chi connectivity index (χ3v) is 9.79. The Kier molecular flexibility index (Phi) is 6.18. The number of aromatic amines is 1. The molecule has 10 rings (SSSR count). The summed E-state index contributed by atoms with van der Waals surface area (Å²) in [4.78, 5) is 15.2. The first-order valence-electron chi connectivity index (χ1n) is 16.7. The summed E-state index contributed by atoms with van der Waals surface area (Å²) in [5.74, 6) is 0. The van der Waals surface area contributed by atoms with Crippen LogP contribution in [0.3, 0.4) is 0 Å². The summed E-state index contributed by atoms with van der Waals surface area (Å²) in [6.45, 7) is 0. The fourth-order valence-electron chi connectivity index (χ4n) is 7.60. The summed E-state index contributed by atoms with van der Waals surface area (Å²) in [6, 6.07) is 60.2. The summed E-state index contributed by atoms with van der Waals surface area (Å²) in [5, 5.41) is 2.29. The molecule has 4 heterocycles. The fraction of sp³-hybridized carbons (Fsp3) is 0. The second kappa shape index (κ2) is 11.0. The Labute approximate surface area is 284 Å². The highest BCUT2D eigenvalue weighted by Crippen LogP contribution is 2.49. The molecule has 0 aliphatic carbocycles. The predicted octanol–water partition coefficient (Wildman–Crippen LogP) is 12.1. The molecule has 0 radical (unpaired) electrons. The Morgan fingerprint density at radius 2 is 0.735 bits per heavy atom. The van der Waals surface area contributed by atoms with E-state index in [4.69, 9.17) is 9.97 Å². The molecular formula is C46H29N3. The maximum atomic E-state index is 5.63. The van der Waals surface area contributed by atoms with E-state index >= 15 is 0 Å². The number of hydrogen-bond acceptors (Lipinski definition) is 2. The lowest BCUT2D eigenvalue weighted by Gasteiger charge is -2.08. The zero-order chi connectivity index (χ0) is 32.3. The van der Waals surface area contributed by atoms with Crippen LogP contribution in [0.4, 0.5) is 0 Å². The van der Waals surface area contributed by atoms with Gasteiger partial charge in [0.1, 0.15) is 0 Å². The molecule has 0 spiro atoms. The largest absolute Gasteiger partial charge is 0.353 e. The molecule has 0 unspecified atom stereocenters. The molecule has 49 heavy (non-hydrogen) atoms. The van der Waals surface area contributed by atoms with Crippen molar-refractivity contribution in [2.24, 2.45) is 0 Å². The van der Waals surface area contributed by atoms with E-state index in [1.807, 2.05) is 0 Å². The van der Waals surface area contributed by atoms with Crippen LogP contribution in [0.2, 0.25) is 0 Å². The molecule has 2 aliphatic rings.